The Labute approximate surface area is 127 Å². The van der Waals surface area contributed by atoms with Gasteiger partial charge in [0.05, 0.1) is 18.1 Å². The lowest BCUT2D eigenvalue weighted by Gasteiger charge is -2.25. The van der Waals surface area contributed by atoms with Crippen LogP contribution < -0.4 is 0 Å². The minimum Gasteiger partial charge on any atom is -0.392 e. The molecule has 0 fully saturated rings. The van der Waals surface area contributed by atoms with Gasteiger partial charge >= 0.3 is 0 Å². The van der Waals surface area contributed by atoms with Crippen molar-refractivity contribution >= 4 is 10.0 Å². The van der Waals surface area contributed by atoms with E-state index in [9.17, 15) is 13.5 Å². The zero-order chi connectivity index (χ0) is 16.0. The standard InChI is InChI=1S/C15H25NO4S/c1-12(2)10-16(8-9-20-4)21(18,19)15-7-5-6-14(11-17)13(15)3/h5-7,12,17H,8-11H2,1-4H3. The molecule has 0 saturated carbocycles. The third-order valence-corrected chi connectivity index (χ3v) is 5.31. The average Bonchev–Trinajstić information content (AvgIpc) is 2.43. The Morgan fingerprint density at radius 3 is 2.52 bits per heavy atom. The molecule has 120 valence electrons. The maximum Gasteiger partial charge on any atom is 0.243 e. The molecule has 6 heteroatoms. The fourth-order valence-electron chi connectivity index (χ4n) is 2.16. The smallest absolute Gasteiger partial charge is 0.243 e. The number of rotatable bonds is 8. The molecule has 21 heavy (non-hydrogen) atoms. The minimum atomic E-state index is -3.59. The number of methoxy groups -OCH3 is 1. The summed E-state index contributed by atoms with van der Waals surface area (Å²) in [7, 11) is -2.04. The van der Waals surface area contributed by atoms with E-state index in [0.717, 1.165) is 0 Å². The number of aliphatic hydroxyl groups excluding tert-OH is 1. The minimum absolute atomic E-state index is 0.169. The van der Waals surface area contributed by atoms with Crippen molar-refractivity contribution < 1.29 is 18.3 Å². The molecule has 1 N–H and O–H groups in total. The van der Waals surface area contributed by atoms with Gasteiger partial charge in [-0.1, -0.05) is 26.0 Å². The predicted molar refractivity (Wildman–Crippen MR) is 82.6 cm³/mol. The van der Waals surface area contributed by atoms with Crippen LogP contribution in [0, 0.1) is 12.8 Å². The first-order chi connectivity index (χ1) is 9.84. The largest absolute Gasteiger partial charge is 0.392 e. The van der Waals surface area contributed by atoms with Gasteiger partial charge in [0, 0.05) is 20.2 Å². The molecular formula is C15H25NO4S. The summed E-state index contributed by atoms with van der Waals surface area (Å²) in [6.45, 7) is 6.62. The second-order valence-corrected chi connectivity index (χ2v) is 7.35. The molecule has 0 atom stereocenters. The number of ether oxygens (including phenoxy) is 1. The molecule has 1 rings (SSSR count). The van der Waals surface area contributed by atoms with Crippen molar-refractivity contribution in [2.24, 2.45) is 5.92 Å². The van der Waals surface area contributed by atoms with Crippen LogP contribution in [-0.2, 0) is 21.4 Å². The maximum atomic E-state index is 12.9. The van der Waals surface area contributed by atoms with Gasteiger partial charge in [-0.05, 0) is 30.0 Å². The van der Waals surface area contributed by atoms with Crippen molar-refractivity contribution in [3.05, 3.63) is 29.3 Å². The van der Waals surface area contributed by atoms with E-state index in [1.807, 2.05) is 13.8 Å². The molecular weight excluding hydrogens is 290 g/mol. The first kappa shape index (κ1) is 18.1. The molecule has 0 spiro atoms. The van der Waals surface area contributed by atoms with Gasteiger partial charge in [-0.25, -0.2) is 8.42 Å². The van der Waals surface area contributed by atoms with Gasteiger partial charge in [0.15, 0.2) is 0 Å². The fourth-order valence-corrected chi connectivity index (χ4v) is 4.02. The van der Waals surface area contributed by atoms with Gasteiger partial charge in [0.25, 0.3) is 0 Å². The predicted octanol–water partition coefficient (Wildman–Crippen LogP) is 1.78. The molecule has 0 heterocycles. The number of hydrogen-bond donors (Lipinski definition) is 1. The lowest BCUT2D eigenvalue weighted by molar-refractivity contribution is 0.175. The van der Waals surface area contributed by atoms with Crippen molar-refractivity contribution in [3.8, 4) is 0 Å². The Hall–Kier alpha value is -0.950. The summed E-state index contributed by atoms with van der Waals surface area (Å²) in [5, 5.41) is 9.31. The van der Waals surface area contributed by atoms with Gasteiger partial charge in [-0.15, -0.1) is 0 Å². The molecule has 0 radical (unpaired) electrons. The van der Waals surface area contributed by atoms with Crippen LogP contribution in [0.2, 0.25) is 0 Å². The van der Waals surface area contributed by atoms with Crippen LogP contribution in [0.25, 0.3) is 0 Å². The Balaban J connectivity index is 3.21. The fraction of sp³-hybridized carbons (Fsp3) is 0.600. The lowest BCUT2D eigenvalue weighted by Crippen LogP contribution is -2.37. The van der Waals surface area contributed by atoms with Gasteiger partial charge in [-0.2, -0.15) is 4.31 Å². The second kappa shape index (κ2) is 7.89. The van der Waals surface area contributed by atoms with E-state index in [1.165, 1.54) is 4.31 Å². The van der Waals surface area contributed by atoms with E-state index in [2.05, 4.69) is 0 Å². The molecule has 0 aromatic heterocycles. The van der Waals surface area contributed by atoms with E-state index >= 15 is 0 Å². The third kappa shape index (κ3) is 4.51. The van der Waals surface area contributed by atoms with Gasteiger partial charge in [0.2, 0.25) is 10.0 Å². The normalized spacial score (nSPS) is 12.3. The Morgan fingerprint density at radius 2 is 2.00 bits per heavy atom. The highest BCUT2D eigenvalue weighted by Crippen LogP contribution is 2.23. The number of sulfonamides is 1. The third-order valence-electron chi connectivity index (χ3n) is 3.30. The van der Waals surface area contributed by atoms with Crippen LogP contribution >= 0.6 is 0 Å². The van der Waals surface area contributed by atoms with Crippen LogP contribution in [0.3, 0.4) is 0 Å². The maximum absolute atomic E-state index is 12.9. The first-order valence-corrected chi connectivity index (χ1v) is 8.47. The first-order valence-electron chi connectivity index (χ1n) is 7.03. The van der Waals surface area contributed by atoms with Crippen LogP contribution in [-0.4, -0.2) is 44.6 Å². The lowest BCUT2D eigenvalue weighted by atomic mass is 10.1. The summed E-state index contributed by atoms with van der Waals surface area (Å²) >= 11 is 0. The van der Waals surface area contributed by atoms with E-state index in [0.29, 0.717) is 30.8 Å². The summed E-state index contributed by atoms with van der Waals surface area (Å²) in [5.41, 5.74) is 1.23. The molecule has 0 bridgehead atoms. The zero-order valence-corrected chi connectivity index (χ0v) is 14.0. The topological polar surface area (TPSA) is 66.8 Å². The quantitative estimate of drug-likeness (QED) is 0.794. The zero-order valence-electron chi connectivity index (χ0n) is 13.2. The van der Waals surface area contributed by atoms with Crippen LogP contribution in [0.5, 0.6) is 0 Å². The van der Waals surface area contributed by atoms with Crippen molar-refractivity contribution in [3.63, 3.8) is 0 Å². The Kier molecular flexibility index (Phi) is 6.80. The molecule has 5 nitrogen and oxygen atoms in total. The highest BCUT2D eigenvalue weighted by Gasteiger charge is 2.27. The summed E-state index contributed by atoms with van der Waals surface area (Å²) in [6.07, 6.45) is 0. The van der Waals surface area contributed by atoms with E-state index < -0.39 is 10.0 Å². The summed E-state index contributed by atoms with van der Waals surface area (Å²) in [4.78, 5) is 0.255. The van der Waals surface area contributed by atoms with Gasteiger partial charge in [0.1, 0.15) is 0 Å². The SMILES string of the molecule is COCCN(CC(C)C)S(=O)(=O)c1cccc(CO)c1C. The molecule has 0 aliphatic heterocycles. The highest BCUT2D eigenvalue weighted by molar-refractivity contribution is 7.89. The number of hydrogen-bond acceptors (Lipinski definition) is 4. The molecule has 0 saturated heterocycles. The Bertz CT molecular complexity index is 555. The summed E-state index contributed by atoms with van der Waals surface area (Å²) in [5.74, 6) is 0.220. The molecule has 0 aliphatic carbocycles. The van der Waals surface area contributed by atoms with Crippen molar-refractivity contribution in [2.45, 2.75) is 32.3 Å². The van der Waals surface area contributed by atoms with Crippen LogP contribution in [0.1, 0.15) is 25.0 Å². The van der Waals surface area contributed by atoms with E-state index in [1.54, 1.807) is 32.2 Å². The van der Waals surface area contributed by atoms with E-state index in [-0.39, 0.29) is 17.4 Å². The number of aliphatic hydroxyl groups is 1. The molecule has 0 unspecified atom stereocenters. The monoisotopic (exact) mass is 315 g/mol. The van der Waals surface area contributed by atoms with E-state index in [4.69, 9.17) is 4.74 Å². The second-order valence-electron chi connectivity index (χ2n) is 5.45. The highest BCUT2D eigenvalue weighted by atomic mass is 32.2. The van der Waals surface area contributed by atoms with Crippen molar-refractivity contribution in [2.75, 3.05) is 26.8 Å². The molecule has 0 amide bonds. The molecule has 0 aliphatic rings. The summed E-state index contributed by atoms with van der Waals surface area (Å²) < 4.78 is 32.2. The van der Waals surface area contributed by atoms with Crippen molar-refractivity contribution in [1.29, 1.82) is 0 Å². The average molecular weight is 315 g/mol. The number of benzene rings is 1. The van der Waals surface area contributed by atoms with Crippen molar-refractivity contribution in [1.82, 2.24) is 4.31 Å². The number of nitrogens with zero attached hydrogens (tertiary/aromatic N) is 1. The molecule has 1 aromatic carbocycles. The summed E-state index contributed by atoms with van der Waals surface area (Å²) in [6, 6.07) is 4.98. The van der Waals surface area contributed by atoms with Gasteiger partial charge < -0.3 is 9.84 Å². The van der Waals surface area contributed by atoms with Crippen LogP contribution in [0.4, 0.5) is 0 Å². The van der Waals surface area contributed by atoms with Crippen LogP contribution in [0.15, 0.2) is 23.1 Å². The van der Waals surface area contributed by atoms with Gasteiger partial charge in [-0.3, -0.25) is 0 Å². The molecule has 1 aromatic rings. The Morgan fingerprint density at radius 1 is 1.33 bits per heavy atom.